The van der Waals surface area contributed by atoms with E-state index in [1.165, 1.54) is 25.8 Å². The minimum Gasteiger partial charge on any atom is -0.494 e. The van der Waals surface area contributed by atoms with Crippen LogP contribution in [0.15, 0.2) is 24.3 Å². The fourth-order valence-corrected chi connectivity index (χ4v) is 2.57. The molecule has 1 aromatic rings. The summed E-state index contributed by atoms with van der Waals surface area (Å²) in [5, 5.41) is 7.09. The highest BCUT2D eigenvalue weighted by Crippen LogP contribution is 2.19. The number of ether oxygens (including phenoxy) is 1. The van der Waals surface area contributed by atoms with Gasteiger partial charge >= 0.3 is 0 Å². The first-order valence-electron chi connectivity index (χ1n) is 7.00. The topological polar surface area (TPSA) is 33.3 Å². The number of rotatable bonds is 6. The van der Waals surface area contributed by atoms with Crippen molar-refractivity contribution in [2.24, 2.45) is 0 Å². The van der Waals surface area contributed by atoms with Crippen LogP contribution in [0.1, 0.15) is 33.1 Å². The van der Waals surface area contributed by atoms with Crippen LogP contribution in [0.2, 0.25) is 0 Å². The van der Waals surface area contributed by atoms with Crippen molar-refractivity contribution in [1.29, 1.82) is 0 Å². The SMILES string of the molecule is CCOc1cccc(NC(C)CC2CCCN2)c1. The van der Waals surface area contributed by atoms with Gasteiger partial charge in [-0.15, -0.1) is 0 Å². The summed E-state index contributed by atoms with van der Waals surface area (Å²) in [4.78, 5) is 0. The molecular formula is C15H24N2O. The number of benzene rings is 1. The van der Waals surface area contributed by atoms with E-state index in [1.54, 1.807) is 0 Å². The van der Waals surface area contributed by atoms with E-state index in [4.69, 9.17) is 4.74 Å². The van der Waals surface area contributed by atoms with Gasteiger partial charge in [0.25, 0.3) is 0 Å². The van der Waals surface area contributed by atoms with E-state index in [-0.39, 0.29) is 0 Å². The molecule has 0 bridgehead atoms. The highest BCUT2D eigenvalue weighted by Gasteiger charge is 2.16. The lowest BCUT2D eigenvalue weighted by Gasteiger charge is -2.19. The fraction of sp³-hybridized carbons (Fsp3) is 0.600. The first-order chi connectivity index (χ1) is 8.78. The zero-order valence-electron chi connectivity index (χ0n) is 11.4. The molecule has 1 aromatic carbocycles. The largest absolute Gasteiger partial charge is 0.494 e. The molecule has 1 saturated heterocycles. The van der Waals surface area contributed by atoms with E-state index in [9.17, 15) is 0 Å². The molecule has 0 aliphatic carbocycles. The second-order valence-corrected chi connectivity index (χ2v) is 5.04. The molecule has 2 rings (SSSR count). The zero-order chi connectivity index (χ0) is 12.8. The van der Waals surface area contributed by atoms with Crippen molar-refractivity contribution in [3.63, 3.8) is 0 Å². The van der Waals surface area contributed by atoms with E-state index in [0.717, 1.165) is 11.4 Å². The third kappa shape index (κ3) is 3.91. The van der Waals surface area contributed by atoms with Crippen molar-refractivity contribution in [3.8, 4) is 5.75 Å². The highest BCUT2D eigenvalue weighted by atomic mass is 16.5. The monoisotopic (exact) mass is 248 g/mol. The smallest absolute Gasteiger partial charge is 0.121 e. The summed E-state index contributed by atoms with van der Waals surface area (Å²) in [6.45, 7) is 6.14. The lowest BCUT2D eigenvalue weighted by Crippen LogP contribution is -2.29. The van der Waals surface area contributed by atoms with Crippen LogP contribution in [0.3, 0.4) is 0 Å². The molecule has 0 aromatic heterocycles. The van der Waals surface area contributed by atoms with Crippen LogP contribution >= 0.6 is 0 Å². The number of hydrogen-bond donors (Lipinski definition) is 2. The predicted octanol–water partition coefficient (Wildman–Crippen LogP) is 3.03. The van der Waals surface area contributed by atoms with Gasteiger partial charge in [-0.2, -0.15) is 0 Å². The first kappa shape index (κ1) is 13.2. The highest BCUT2D eigenvalue weighted by molar-refractivity contribution is 5.48. The van der Waals surface area contributed by atoms with Gasteiger partial charge in [-0.3, -0.25) is 0 Å². The molecule has 3 heteroatoms. The average Bonchev–Trinajstić information content (AvgIpc) is 2.82. The van der Waals surface area contributed by atoms with Gasteiger partial charge in [0.15, 0.2) is 0 Å². The number of nitrogens with one attached hydrogen (secondary N) is 2. The summed E-state index contributed by atoms with van der Waals surface area (Å²) in [5.74, 6) is 0.939. The first-order valence-corrected chi connectivity index (χ1v) is 7.00. The lowest BCUT2D eigenvalue weighted by molar-refractivity contribution is 0.340. The van der Waals surface area contributed by atoms with Crippen LogP contribution in [0, 0.1) is 0 Å². The van der Waals surface area contributed by atoms with Gasteiger partial charge in [0, 0.05) is 23.8 Å². The fourth-order valence-electron chi connectivity index (χ4n) is 2.57. The summed E-state index contributed by atoms with van der Waals surface area (Å²) in [6, 6.07) is 9.37. The molecule has 3 nitrogen and oxygen atoms in total. The molecule has 2 N–H and O–H groups in total. The van der Waals surface area contributed by atoms with E-state index in [2.05, 4.69) is 29.7 Å². The Labute approximate surface area is 110 Å². The molecule has 0 spiro atoms. The van der Waals surface area contributed by atoms with Crippen molar-refractivity contribution in [2.45, 2.75) is 45.2 Å². The minimum absolute atomic E-state index is 0.484. The van der Waals surface area contributed by atoms with Gasteiger partial charge in [0.1, 0.15) is 5.75 Å². The van der Waals surface area contributed by atoms with Crippen molar-refractivity contribution in [3.05, 3.63) is 24.3 Å². The third-order valence-corrected chi connectivity index (χ3v) is 3.36. The van der Waals surface area contributed by atoms with Crippen molar-refractivity contribution >= 4 is 5.69 Å². The van der Waals surface area contributed by atoms with Gasteiger partial charge < -0.3 is 15.4 Å². The van der Waals surface area contributed by atoms with Crippen LogP contribution in [0.4, 0.5) is 5.69 Å². The quantitative estimate of drug-likeness (QED) is 0.812. The summed E-state index contributed by atoms with van der Waals surface area (Å²) >= 11 is 0. The molecule has 0 radical (unpaired) electrons. The second-order valence-electron chi connectivity index (χ2n) is 5.04. The maximum atomic E-state index is 5.51. The Balaban J connectivity index is 1.85. The Morgan fingerprint density at radius 3 is 3.11 bits per heavy atom. The number of hydrogen-bond acceptors (Lipinski definition) is 3. The van der Waals surface area contributed by atoms with Gasteiger partial charge in [-0.05, 0) is 51.8 Å². The molecule has 1 aliphatic rings. The van der Waals surface area contributed by atoms with Crippen molar-refractivity contribution in [2.75, 3.05) is 18.5 Å². The molecule has 1 heterocycles. The summed E-state index contributed by atoms with van der Waals surface area (Å²) < 4.78 is 5.51. The Kier molecular flexibility index (Phi) is 4.88. The standard InChI is InChI=1S/C15H24N2O/c1-3-18-15-8-4-6-14(11-15)17-12(2)10-13-7-5-9-16-13/h4,6,8,11-13,16-17H,3,5,7,9-10H2,1-2H3. The third-order valence-electron chi connectivity index (χ3n) is 3.36. The van der Waals surface area contributed by atoms with Gasteiger partial charge in [0.05, 0.1) is 6.61 Å². The zero-order valence-corrected chi connectivity index (χ0v) is 11.4. The Hall–Kier alpha value is -1.22. The summed E-state index contributed by atoms with van der Waals surface area (Å²) in [7, 11) is 0. The molecule has 2 unspecified atom stereocenters. The van der Waals surface area contributed by atoms with Crippen LogP contribution in [0.5, 0.6) is 5.75 Å². The Bertz CT molecular complexity index is 361. The van der Waals surface area contributed by atoms with E-state index >= 15 is 0 Å². The predicted molar refractivity (Wildman–Crippen MR) is 76.3 cm³/mol. The van der Waals surface area contributed by atoms with E-state index in [0.29, 0.717) is 18.7 Å². The van der Waals surface area contributed by atoms with Crippen LogP contribution in [0.25, 0.3) is 0 Å². The van der Waals surface area contributed by atoms with Crippen LogP contribution in [-0.4, -0.2) is 25.2 Å². The molecule has 0 amide bonds. The molecule has 100 valence electrons. The average molecular weight is 248 g/mol. The van der Waals surface area contributed by atoms with Crippen molar-refractivity contribution < 1.29 is 4.74 Å². The summed E-state index contributed by atoms with van der Waals surface area (Å²) in [6.07, 6.45) is 3.81. The summed E-state index contributed by atoms with van der Waals surface area (Å²) in [5.41, 5.74) is 1.14. The molecule has 18 heavy (non-hydrogen) atoms. The molecule has 1 aliphatic heterocycles. The van der Waals surface area contributed by atoms with Crippen LogP contribution < -0.4 is 15.4 Å². The van der Waals surface area contributed by atoms with E-state index in [1.807, 2.05) is 19.1 Å². The molecule has 1 fully saturated rings. The van der Waals surface area contributed by atoms with Crippen molar-refractivity contribution in [1.82, 2.24) is 5.32 Å². The van der Waals surface area contributed by atoms with Gasteiger partial charge in [0.2, 0.25) is 0 Å². The molecule has 0 saturated carbocycles. The van der Waals surface area contributed by atoms with Gasteiger partial charge in [-0.25, -0.2) is 0 Å². The van der Waals surface area contributed by atoms with Crippen LogP contribution in [-0.2, 0) is 0 Å². The molecular weight excluding hydrogens is 224 g/mol. The Morgan fingerprint density at radius 1 is 1.50 bits per heavy atom. The maximum absolute atomic E-state index is 5.51. The Morgan fingerprint density at radius 2 is 2.39 bits per heavy atom. The lowest BCUT2D eigenvalue weighted by atomic mass is 10.1. The molecule has 2 atom stereocenters. The minimum atomic E-state index is 0.484. The number of anilines is 1. The van der Waals surface area contributed by atoms with Gasteiger partial charge in [-0.1, -0.05) is 6.07 Å². The van der Waals surface area contributed by atoms with E-state index < -0.39 is 0 Å². The second kappa shape index (κ2) is 6.64. The normalized spacial score (nSPS) is 20.7. The maximum Gasteiger partial charge on any atom is 0.121 e.